The first kappa shape index (κ1) is 7.13. The Morgan fingerprint density at radius 3 is 2.69 bits per heavy atom. The van der Waals surface area contributed by atoms with E-state index >= 15 is 0 Å². The minimum Gasteiger partial charge on any atom is -0.349 e. The van der Waals surface area contributed by atoms with E-state index in [4.69, 9.17) is 0 Å². The molecule has 1 amide bonds. The fourth-order valence-electron chi connectivity index (χ4n) is 2.33. The Kier molecular flexibility index (Phi) is 1.29. The number of nitrogens with one attached hydrogen (secondary N) is 1. The molecule has 0 spiro atoms. The maximum Gasteiger partial charge on any atom is 0.228 e. The number of amides is 1. The van der Waals surface area contributed by atoms with Crippen molar-refractivity contribution >= 4 is 5.91 Å². The van der Waals surface area contributed by atoms with Crippen molar-refractivity contribution in [3.05, 3.63) is 36.5 Å². The topological polar surface area (TPSA) is 29.1 Å². The maximum atomic E-state index is 11.5. The molecule has 0 radical (unpaired) electrons. The van der Waals surface area contributed by atoms with Gasteiger partial charge in [0.1, 0.15) is 0 Å². The molecule has 1 heterocycles. The van der Waals surface area contributed by atoms with E-state index in [1.807, 2.05) is 6.08 Å². The molecule has 2 heteroatoms. The Hall–Kier alpha value is -1.31. The molecule has 0 aromatic heterocycles. The van der Waals surface area contributed by atoms with Gasteiger partial charge in [0.05, 0.1) is 12.0 Å². The highest BCUT2D eigenvalue weighted by molar-refractivity contribution is 5.84. The largest absolute Gasteiger partial charge is 0.349 e. The summed E-state index contributed by atoms with van der Waals surface area (Å²) >= 11 is 0. The van der Waals surface area contributed by atoms with Gasteiger partial charge in [-0.1, -0.05) is 36.5 Å². The summed E-state index contributed by atoms with van der Waals surface area (Å²) in [6.45, 7) is 0. The highest BCUT2D eigenvalue weighted by atomic mass is 16.2. The van der Waals surface area contributed by atoms with Gasteiger partial charge in [-0.25, -0.2) is 0 Å². The van der Waals surface area contributed by atoms with Crippen LogP contribution in [0.3, 0.4) is 0 Å². The first-order chi connectivity index (χ1) is 6.34. The van der Waals surface area contributed by atoms with Crippen LogP contribution in [0.2, 0.25) is 0 Å². The normalized spacial score (nSPS) is 44.8. The van der Waals surface area contributed by atoms with Crippen LogP contribution in [0.5, 0.6) is 0 Å². The minimum absolute atomic E-state index is 0.0659. The fraction of sp³-hybridized carbons (Fsp3) is 0.364. The summed E-state index contributed by atoms with van der Waals surface area (Å²) in [6, 6.07) is 0.226. The summed E-state index contributed by atoms with van der Waals surface area (Å²) in [7, 11) is 0. The van der Waals surface area contributed by atoms with Gasteiger partial charge in [0.15, 0.2) is 0 Å². The Balaban J connectivity index is 2.15. The zero-order valence-electron chi connectivity index (χ0n) is 7.18. The Labute approximate surface area is 77.0 Å². The second-order valence-corrected chi connectivity index (χ2v) is 3.87. The van der Waals surface area contributed by atoms with E-state index in [2.05, 4.69) is 35.7 Å². The number of fused-ring (bicyclic) bond motifs is 1. The molecule has 2 nitrogen and oxygen atoms in total. The van der Waals surface area contributed by atoms with Crippen LogP contribution in [0.4, 0.5) is 0 Å². The monoisotopic (exact) mass is 173 g/mol. The van der Waals surface area contributed by atoms with Crippen LogP contribution in [-0.4, -0.2) is 11.9 Å². The molecule has 2 bridgehead atoms. The summed E-state index contributed by atoms with van der Waals surface area (Å²) in [5, 5.41) is 3.00. The molecule has 2 aliphatic carbocycles. The summed E-state index contributed by atoms with van der Waals surface area (Å²) in [4.78, 5) is 11.5. The molecule has 0 unspecified atom stereocenters. The molecule has 13 heavy (non-hydrogen) atoms. The van der Waals surface area contributed by atoms with Gasteiger partial charge in [-0.3, -0.25) is 4.79 Å². The number of rotatable bonds is 0. The van der Waals surface area contributed by atoms with Gasteiger partial charge in [-0.15, -0.1) is 0 Å². The zero-order valence-corrected chi connectivity index (χ0v) is 7.18. The van der Waals surface area contributed by atoms with Crippen LogP contribution in [-0.2, 0) is 4.79 Å². The van der Waals surface area contributed by atoms with Crippen molar-refractivity contribution in [3.63, 3.8) is 0 Å². The SMILES string of the molecule is O=C1N[C@H]2C=C[C@@H]3C=C[C@H]2[C@H]1C=C3. The molecule has 1 saturated heterocycles. The standard InChI is InChI=1S/C11H11NO/c13-11-9-5-2-7-1-4-8(9)10(12-11)6-3-7/h1-10H,(H,12,13)/t7-,8+,9-,10+/m1/s1. The molecule has 1 aliphatic heterocycles. The summed E-state index contributed by atoms with van der Waals surface area (Å²) in [5.41, 5.74) is 0. The van der Waals surface area contributed by atoms with E-state index in [-0.39, 0.29) is 17.9 Å². The fourth-order valence-corrected chi connectivity index (χ4v) is 2.33. The van der Waals surface area contributed by atoms with Crippen LogP contribution in [0.15, 0.2) is 36.5 Å². The van der Waals surface area contributed by atoms with Gasteiger partial charge in [0, 0.05) is 11.8 Å². The van der Waals surface area contributed by atoms with E-state index in [1.54, 1.807) is 0 Å². The van der Waals surface area contributed by atoms with Gasteiger partial charge < -0.3 is 5.32 Å². The summed E-state index contributed by atoms with van der Waals surface area (Å²) < 4.78 is 0. The first-order valence-corrected chi connectivity index (χ1v) is 4.70. The molecule has 0 aromatic rings. The van der Waals surface area contributed by atoms with Gasteiger partial charge in [0.2, 0.25) is 5.91 Å². The maximum absolute atomic E-state index is 11.5. The smallest absolute Gasteiger partial charge is 0.228 e. The lowest BCUT2D eigenvalue weighted by Gasteiger charge is -2.12. The number of hydrogen-bond donors (Lipinski definition) is 1. The van der Waals surface area contributed by atoms with Gasteiger partial charge in [-0.05, 0) is 0 Å². The van der Waals surface area contributed by atoms with E-state index in [0.29, 0.717) is 11.8 Å². The lowest BCUT2D eigenvalue weighted by Crippen LogP contribution is -2.25. The Bertz CT molecular complexity index is 332. The lowest BCUT2D eigenvalue weighted by molar-refractivity contribution is -0.121. The predicted molar refractivity (Wildman–Crippen MR) is 49.8 cm³/mol. The Morgan fingerprint density at radius 2 is 1.77 bits per heavy atom. The Morgan fingerprint density at radius 1 is 1.00 bits per heavy atom. The van der Waals surface area contributed by atoms with E-state index in [1.165, 1.54) is 0 Å². The first-order valence-electron chi connectivity index (χ1n) is 4.70. The summed E-state index contributed by atoms with van der Waals surface area (Å²) in [5.74, 6) is 0.969. The summed E-state index contributed by atoms with van der Waals surface area (Å²) in [6.07, 6.45) is 12.8. The number of hydrogen-bond acceptors (Lipinski definition) is 1. The van der Waals surface area contributed by atoms with Crippen LogP contribution in [0.1, 0.15) is 0 Å². The highest BCUT2D eigenvalue weighted by Crippen LogP contribution is 2.33. The third kappa shape index (κ3) is 0.916. The third-order valence-corrected chi connectivity index (χ3v) is 3.08. The average molecular weight is 173 g/mol. The van der Waals surface area contributed by atoms with E-state index < -0.39 is 0 Å². The van der Waals surface area contributed by atoms with Crippen molar-refractivity contribution < 1.29 is 4.79 Å². The third-order valence-electron chi connectivity index (χ3n) is 3.08. The van der Waals surface area contributed by atoms with Crippen LogP contribution >= 0.6 is 0 Å². The van der Waals surface area contributed by atoms with Crippen molar-refractivity contribution in [1.29, 1.82) is 0 Å². The lowest BCUT2D eigenvalue weighted by atomic mass is 9.90. The molecular weight excluding hydrogens is 162 g/mol. The molecule has 1 N–H and O–H groups in total. The van der Waals surface area contributed by atoms with Crippen LogP contribution < -0.4 is 5.32 Å². The number of carbonyl (C=O) groups excluding carboxylic acids is 1. The molecule has 0 saturated carbocycles. The van der Waals surface area contributed by atoms with Crippen molar-refractivity contribution in [2.75, 3.05) is 0 Å². The van der Waals surface area contributed by atoms with E-state index in [0.717, 1.165) is 0 Å². The van der Waals surface area contributed by atoms with Crippen molar-refractivity contribution in [2.24, 2.45) is 17.8 Å². The molecule has 3 aliphatic rings. The van der Waals surface area contributed by atoms with E-state index in [9.17, 15) is 4.79 Å². The molecule has 4 atom stereocenters. The highest BCUT2D eigenvalue weighted by Gasteiger charge is 2.39. The van der Waals surface area contributed by atoms with Gasteiger partial charge in [-0.2, -0.15) is 0 Å². The molecular formula is C11H11NO. The minimum atomic E-state index is 0.0659. The van der Waals surface area contributed by atoms with Crippen molar-refractivity contribution in [2.45, 2.75) is 6.04 Å². The second-order valence-electron chi connectivity index (χ2n) is 3.87. The predicted octanol–water partition coefficient (Wildman–Crippen LogP) is 1.03. The van der Waals surface area contributed by atoms with Crippen LogP contribution in [0.25, 0.3) is 0 Å². The quantitative estimate of drug-likeness (QED) is 0.545. The molecule has 66 valence electrons. The molecule has 3 rings (SSSR count). The van der Waals surface area contributed by atoms with Gasteiger partial charge in [0.25, 0.3) is 0 Å². The van der Waals surface area contributed by atoms with Crippen LogP contribution in [0, 0.1) is 17.8 Å². The zero-order chi connectivity index (χ0) is 8.84. The second kappa shape index (κ2) is 2.34. The van der Waals surface area contributed by atoms with Crippen molar-refractivity contribution in [1.82, 2.24) is 5.32 Å². The average Bonchev–Trinajstić information content (AvgIpc) is 2.29. The number of carbonyl (C=O) groups is 1. The van der Waals surface area contributed by atoms with Crippen molar-refractivity contribution in [3.8, 4) is 0 Å². The molecule has 0 aromatic carbocycles. The number of allylic oxidation sites excluding steroid dienone is 3. The molecule has 1 fully saturated rings. The van der Waals surface area contributed by atoms with Gasteiger partial charge >= 0.3 is 0 Å².